The van der Waals surface area contributed by atoms with Gasteiger partial charge in [-0.2, -0.15) is 5.26 Å². The van der Waals surface area contributed by atoms with E-state index < -0.39 is 5.91 Å². The first-order valence-corrected chi connectivity index (χ1v) is 9.16. The number of hydrogen-bond donors (Lipinski definition) is 1. The first kappa shape index (κ1) is 18.7. The molecule has 0 saturated heterocycles. The maximum atomic E-state index is 12.1. The quantitative estimate of drug-likeness (QED) is 0.404. The van der Waals surface area contributed by atoms with Gasteiger partial charge in [-0.3, -0.25) is 10.1 Å². The molecule has 0 aliphatic carbocycles. The van der Waals surface area contributed by atoms with Crippen molar-refractivity contribution >= 4 is 28.5 Å². The molecule has 1 aromatic heterocycles. The third-order valence-corrected chi connectivity index (χ3v) is 4.16. The van der Waals surface area contributed by atoms with E-state index in [1.807, 2.05) is 30.3 Å². The van der Waals surface area contributed by atoms with Crippen LogP contribution < -0.4 is 10.1 Å². The van der Waals surface area contributed by atoms with Gasteiger partial charge in [-0.15, -0.1) is 11.3 Å². The van der Waals surface area contributed by atoms with E-state index in [9.17, 15) is 10.1 Å². The van der Waals surface area contributed by atoms with Gasteiger partial charge in [0, 0.05) is 11.6 Å². The van der Waals surface area contributed by atoms with Crippen molar-refractivity contribution in [3.8, 4) is 11.8 Å². The van der Waals surface area contributed by atoms with Crippen molar-refractivity contribution in [1.82, 2.24) is 4.98 Å². The minimum Gasteiger partial charge on any atom is -0.494 e. The smallest absolute Gasteiger partial charge is 0.268 e. The number of aromatic nitrogens is 1. The minimum absolute atomic E-state index is 0.0310. The van der Waals surface area contributed by atoms with Crippen molar-refractivity contribution in [2.45, 2.75) is 32.6 Å². The van der Waals surface area contributed by atoms with E-state index in [1.165, 1.54) is 30.6 Å². The van der Waals surface area contributed by atoms with Gasteiger partial charge < -0.3 is 4.74 Å². The Hall–Kier alpha value is -2.65. The summed E-state index contributed by atoms with van der Waals surface area (Å²) in [6.07, 6.45) is 7.80. The van der Waals surface area contributed by atoms with Gasteiger partial charge in [-0.1, -0.05) is 38.3 Å². The van der Waals surface area contributed by atoms with Gasteiger partial charge in [-0.05, 0) is 30.2 Å². The zero-order valence-electron chi connectivity index (χ0n) is 14.2. The van der Waals surface area contributed by atoms with Gasteiger partial charge in [0.2, 0.25) is 0 Å². The number of amides is 1. The SMILES string of the molecule is CCCCCCOc1ccc(/C=C(\C#N)C(=O)Nc2nccs2)cc1. The number of rotatable bonds is 9. The van der Waals surface area contributed by atoms with Crippen LogP contribution in [-0.2, 0) is 4.79 Å². The van der Waals surface area contributed by atoms with E-state index >= 15 is 0 Å². The van der Waals surface area contributed by atoms with E-state index in [-0.39, 0.29) is 5.57 Å². The van der Waals surface area contributed by atoms with Crippen LogP contribution in [0.5, 0.6) is 5.75 Å². The molecule has 130 valence electrons. The molecule has 25 heavy (non-hydrogen) atoms. The van der Waals surface area contributed by atoms with Crippen LogP contribution in [0, 0.1) is 11.3 Å². The van der Waals surface area contributed by atoms with Crippen LogP contribution in [0.25, 0.3) is 6.08 Å². The number of thiazole rings is 1. The predicted molar refractivity (Wildman–Crippen MR) is 100 cm³/mol. The van der Waals surface area contributed by atoms with Crippen molar-refractivity contribution in [1.29, 1.82) is 5.26 Å². The summed E-state index contributed by atoms with van der Waals surface area (Å²) < 4.78 is 5.68. The summed E-state index contributed by atoms with van der Waals surface area (Å²) in [7, 11) is 0. The van der Waals surface area contributed by atoms with Gasteiger partial charge in [-0.25, -0.2) is 4.98 Å². The van der Waals surface area contributed by atoms with E-state index in [1.54, 1.807) is 17.7 Å². The fraction of sp³-hybridized carbons (Fsp3) is 0.316. The molecule has 0 bridgehead atoms. The summed E-state index contributed by atoms with van der Waals surface area (Å²) in [5, 5.41) is 14.0. The lowest BCUT2D eigenvalue weighted by Crippen LogP contribution is -2.13. The molecule has 2 rings (SSSR count). The molecule has 0 aliphatic rings. The molecule has 0 radical (unpaired) electrons. The maximum Gasteiger partial charge on any atom is 0.268 e. The van der Waals surface area contributed by atoms with Crippen molar-refractivity contribution in [3.05, 3.63) is 47.0 Å². The van der Waals surface area contributed by atoms with Crippen LogP contribution in [0.15, 0.2) is 41.4 Å². The van der Waals surface area contributed by atoms with Crippen molar-refractivity contribution in [2.24, 2.45) is 0 Å². The van der Waals surface area contributed by atoms with Crippen molar-refractivity contribution in [2.75, 3.05) is 11.9 Å². The van der Waals surface area contributed by atoms with Crippen LogP contribution in [0.2, 0.25) is 0 Å². The maximum absolute atomic E-state index is 12.1. The molecule has 0 atom stereocenters. The summed E-state index contributed by atoms with van der Waals surface area (Å²) in [5.41, 5.74) is 0.799. The number of nitrogens with zero attached hydrogens (tertiary/aromatic N) is 2. The number of nitriles is 1. The molecule has 0 unspecified atom stereocenters. The fourth-order valence-electron chi connectivity index (χ4n) is 2.14. The summed E-state index contributed by atoms with van der Waals surface area (Å²) in [4.78, 5) is 16.1. The number of nitrogens with one attached hydrogen (secondary N) is 1. The number of benzene rings is 1. The normalized spacial score (nSPS) is 11.0. The van der Waals surface area contributed by atoms with Crippen LogP contribution in [0.3, 0.4) is 0 Å². The Labute approximate surface area is 152 Å². The first-order valence-electron chi connectivity index (χ1n) is 8.28. The molecule has 2 aromatic rings. The summed E-state index contributed by atoms with van der Waals surface area (Å²) in [6.45, 7) is 2.88. The lowest BCUT2D eigenvalue weighted by Gasteiger charge is -2.06. The summed E-state index contributed by atoms with van der Waals surface area (Å²) in [5.74, 6) is 0.327. The molecule has 1 heterocycles. The Bertz CT molecular complexity index is 731. The van der Waals surface area contributed by atoms with Crippen LogP contribution in [0.1, 0.15) is 38.2 Å². The van der Waals surface area contributed by atoms with Gasteiger partial charge in [0.05, 0.1) is 6.61 Å². The monoisotopic (exact) mass is 355 g/mol. The highest BCUT2D eigenvalue weighted by atomic mass is 32.1. The molecule has 0 saturated carbocycles. The van der Waals surface area contributed by atoms with Crippen LogP contribution in [-0.4, -0.2) is 17.5 Å². The average molecular weight is 355 g/mol. The highest BCUT2D eigenvalue weighted by Crippen LogP contribution is 2.17. The molecule has 1 aromatic carbocycles. The van der Waals surface area contributed by atoms with Crippen molar-refractivity contribution < 1.29 is 9.53 Å². The second-order valence-corrected chi connectivity index (χ2v) is 6.33. The highest BCUT2D eigenvalue weighted by Gasteiger charge is 2.10. The number of unbranched alkanes of at least 4 members (excludes halogenated alkanes) is 3. The third kappa shape index (κ3) is 6.40. The lowest BCUT2D eigenvalue weighted by molar-refractivity contribution is -0.112. The van der Waals surface area contributed by atoms with Crippen molar-refractivity contribution in [3.63, 3.8) is 0 Å². The molecule has 0 fully saturated rings. The molecular weight excluding hydrogens is 334 g/mol. The lowest BCUT2D eigenvalue weighted by atomic mass is 10.1. The second kappa shape index (κ2) is 10.3. The fourth-order valence-corrected chi connectivity index (χ4v) is 2.67. The van der Waals surface area contributed by atoms with E-state index in [4.69, 9.17) is 4.74 Å². The molecule has 6 heteroatoms. The summed E-state index contributed by atoms with van der Waals surface area (Å²) in [6, 6.07) is 9.28. The number of anilines is 1. The standard InChI is InChI=1S/C19H21N3O2S/c1-2-3-4-5-11-24-17-8-6-15(7-9-17)13-16(14-20)18(23)22-19-21-10-12-25-19/h6-10,12-13H,2-5,11H2,1H3,(H,21,22,23)/b16-13+. The van der Waals surface area contributed by atoms with Crippen LogP contribution in [0.4, 0.5) is 5.13 Å². The zero-order valence-corrected chi connectivity index (χ0v) is 15.0. The van der Waals surface area contributed by atoms with Gasteiger partial charge in [0.25, 0.3) is 5.91 Å². The Morgan fingerprint density at radius 2 is 2.12 bits per heavy atom. The Kier molecular flexibility index (Phi) is 7.67. The number of hydrogen-bond acceptors (Lipinski definition) is 5. The Balaban J connectivity index is 1.92. The Morgan fingerprint density at radius 3 is 2.76 bits per heavy atom. The second-order valence-electron chi connectivity index (χ2n) is 5.44. The van der Waals surface area contributed by atoms with Gasteiger partial charge in [0.15, 0.2) is 5.13 Å². The topological polar surface area (TPSA) is 75.0 Å². The van der Waals surface area contributed by atoms with E-state index in [0.29, 0.717) is 11.7 Å². The highest BCUT2D eigenvalue weighted by molar-refractivity contribution is 7.13. The molecule has 0 spiro atoms. The molecule has 5 nitrogen and oxygen atoms in total. The number of carbonyl (C=O) groups is 1. The number of ether oxygens (including phenoxy) is 1. The predicted octanol–water partition coefficient (Wildman–Crippen LogP) is 4.65. The molecule has 0 aliphatic heterocycles. The largest absolute Gasteiger partial charge is 0.494 e. The minimum atomic E-state index is -0.464. The van der Waals surface area contributed by atoms with E-state index in [0.717, 1.165) is 17.7 Å². The third-order valence-electron chi connectivity index (χ3n) is 3.48. The van der Waals surface area contributed by atoms with Gasteiger partial charge >= 0.3 is 0 Å². The average Bonchev–Trinajstić information content (AvgIpc) is 3.13. The molecule has 1 N–H and O–H groups in total. The zero-order chi connectivity index (χ0) is 17.9. The molecule has 1 amide bonds. The Morgan fingerprint density at radius 1 is 1.32 bits per heavy atom. The summed E-state index contributed by atoms with van der Waals surface area (Å²) >= 11 is 1.30. The number of carbonyl (C=O) groups excluding carboxylic acids is 1. The van der Waals surface area contributed by atoms with Crippen LogP contribution >= 0.6 is 11.3 Å². The van der Waals surface area contributed by atoms with Gasteiger partial charge in [0.1, 0.15) is 17.4 Å². The van der Waals surface area contributed by atoms with E-state index in [2.05, 4.69) is 17.2 Å². The first-order chi connectivity index (χ1) is 12.2. The molecular formula is C19H21N3O2S.